The second-order valence-corrected chi connectivity index (χ2v) is 11.0. The average Bonchev–Trinajstić information content (AvgIpc) is 3.33. The summed E-state index contributed by atoms with van der Waals surface area (Å²) in [6.07, 6.45) is 15.9. The van der Waals surface area contributed by atoms with E-state index in [1.165, 1.54) is 39.6 Å². The number of ketones is 1. The zero-order valence-corrected chi connectivity index (χ0v) is 23.3. The minimum absolute atomic E-state index is 0.00631. The number of fused-ring (bicyclic) bond motifs is 5. The van der Waals surface area contributed by atoms with Gasteiger partial charge in [-0.1, -0.05) is 66.8 Å². The predicted octanol–water partition coefficient (Wildman–Crippen LogP) is 6.83. The van der Waals surface area contributed by atoms with Crippen molar-refractivity contribution < 1.29 is 13.9 Å². The van der Waals surface area contributed by atoms with Crippen molar-refractivity contribution in [3.8, 4) is 28.0 Å². The number of para-hydroxylation sites is 1. The average molecular weight is 552 g/mol. The summed E-state index contributed by atoms with van der Waals surface area (Å²) in [4.78, 5) is 13.8. The SMILES string of the molecule is COc1ccccc1-c1ccc2c(c1)-c1ccc3c(c1=CC2)=CC(C(=O)c1ccc(F)cc1)CC3C1=CC=CC=CN1. The molecule has 0 saturated heterocycles. The van der Waals surface area contributed by atoms with Gasteiger partial charge in [0.2, 0.25) is 0 Å². The van der Waals surface area contributed by atoms with Crippen LogP contribution >= 0.6 is 0 Å². The largest absolute Gasteiger partial charge is 0.496 e. The lowest BCUT2D eigenvalue weighted by Crippen LogP contribution is -2.40. The van der Waals surface area contributed by atoms with Crippen molar-refractivity contribution in [1.29, 1.82) is 0 Å². The van der Waals surface area contributed by atoms with E-state index in [2.05, 4.69) is 59.9 Å². The second kappa shape index (κ2) is 10.8. The fourth-order valence-electron chi connectivity index (χ4n) is 6.51. The highest BCUT2D eigenvalue weighted by Crippen LogP contribution is 2.37. The predicted molar refractivity (Wildman–Crippen MR) is 167 cm³/mol. The topological polar surface area (TPSA) is 38.3 Å². The van der Waals surface area contributed by atoms with Gasteiger partial charge in [0.05, 0.1) is 7.11 Å². The Morgan fingerprint density at radius 1 is 0.881 bits per heavy atom. The number of benzene rings is 4. The summed E-state index contributed by atoms with van der Waals surface area (Å²) in [5, 5.41) is 5.73. The minimum Gasteiger partial charge on any atom is -0.496 e. The zero-order chi connectivity index (χ0) is 28.6. The van der Waals surface area contributed by atoms with Crippen LogP contribution in [0.25, 0.3) is 34.4 Å². The third-order valence-electron chi connectivity index (χ3n) is 8.58. The molecule has 0 bridgehead atoms. The summed E-state index contributed by atoms with van der Waals surface area (Å²) >= 11 is 0. The molecule has 0 saturated carbocycles. The number of nitrogens with one attached hydrogen (secondary N) is 1. The van der Waals surface area contributed by atoms with Crippen LogP contribution in [0, 0.1) is 11.7 Å². The van der Waals surface area contributed by atoms with Gasteiger partial charge in [0.25, 0.3) is 0 Å². The molecule has 7 rings (SSSR count). The number of allylic oxidation sites excluding steroid dienone is 5. The maximum absolute atomic E-state index is 13.8. The lowest BCUT2D eigenvalue weighted by atomic mass is 9.75. The molecule has 4 heteroatoms. The Bertz CT molecular complexity index is 1930. The molecule has 0 fully saturated rings. The first-order chi connectivity index (χ1) is 20.6. The van der Waals surface area contributed by atoms with Crippen molar-refractivity contribution in [3.05, 3.63) is 148 Å². The third-order valence-corrected chi connectivity index (χ3v) is 8.58. The number of hydrogen-bond donors (Lipinski definition) is 1. The van der Waals surface area contributed by atoms with E-state index in [0.717, 1.165) is 34.2 Å². The van der Waals surface area contributed by atoms with Crippen molar-refractivity contribution in [2.75, 3.05) is 7.11 Å². The summed E-state index contributed by atoms with van der Waals surface area (Å²) in [5.74, 6) is 0.179. The molecule has 42 heavy (non-hydrogen) atoms. The lowest BCUT2D eigenvalue weighted by molar-refractivity contribution is 0.0943. The highest BCUT2D eigenvalue weighted by Gasteiger charge is 2.31. The van der Waals surface area contributed by atoms with E-state index in [1.807, 2.05) is 42.6 Å². The molecule has 2 aliphatic carbocycles. The molecular weight excluding hydrogens is 521 g/mol. The molecule has 0 radical (unpaired) electrons. The number of methoxy groups -OCH3 is 1. The van der Waals surface area contributed by atoms with Crippen LogP contribution in [0.2, 0.25) is 0 Å². The summed E-state index contributed by atoms with van der Waals surface area (Å²) in [6.45, 7) is 0. The number of rotatable bonds is 5. The van der Waals surface area contributed by atoms with E-state index in [4.69, 9.17) is 4.74 Å². The number of carbonyl (C=O) groups excluding carboxylic acids is 1. The molecule has 2 unspecified atom stereocenters. The molecule has 3 aliphatic rings. The molecule has 1 N–H and O–H groups in total. The molecule has 4 aromatic rings. The molecule has 2 atom stereocenters. The van der Waals surface area contributed by atoms with Gasteiger partial charge >= 0.3 is 0 Å². The van der Waals surface area contributed by atoms with E-state index < -0.39 is 0 Å². The highest BCUT2D eigenvalue weighted by atomic mass is 19.1. The molecule has 0 aromatic heterocycles. The lowest BCUT2D eigenvalue weighted by Gasteiger charge is -2.30. The number of hydrogen-bond acceptors (Lipinski definition) is 3. The van der Waals surface area contributed by atoms with Crippen LogP contribution in [0.3, 0.4) is 0 Å². The standard InChI is InChI=1S/C38H30FNO2/c1-42-37-9-5-4-7-29(37)26-11-10-24-14-17-31-30(33(24)21-26)18-19-32-34(31)22-27(38(41)25-12-15-28(39)16-13-25)23-35(32)36-8-3-2-6-20-40-36/h2-13,15-22,27,35,40H,14,23H2,1H3. The van der Waals surface area contributed by atoms with Crippen LogP contribution in [-0.2, 0) is 6.42 Å². The summed E-state index contributed by atoms with van der Waals surface area (Å²) in [6, 6.07) is 25.1. The summed E-state index contributed by atoms with van der Waals surface area (Å²) in [5.41, 5.74) is 8.60. The molecule has 0 amide bonds. The van der Waals surface area contributed by atoms with Gasteiger partial charge < -0.3 is 10.1 Å². The fraction of sp³-hybridized carbons (Fsp3) is 0.132. The molecule has 1 aliphatic heterocycles. The zero-order valence-electron chi connectivity index (χ0n) is 23.3. The molecule has 4 aromatic carbocycles. The number of Topliss-reactive ketones (excluding diaryl/α,β-unsaturated/α-hetero) is 1. The van der Waals surface area contributed by atoms with Gasteiger partial charge in [-0.25, -0.2) is 4.39 Å². The number of carbonyl (C=O) groups is 1. The van der Waals surface area contributed by atoms with Crippen LogP contribution < -0.4 is 20.5 Å². The first-order valence-corrected chi connectivity index (χ1v) is 14.3. The van der Waals surface area contributed by atoms with Crippen molar-refractivity contribution >= 4 is 17.9 Å². The smallest absolute Gasteiger partial charge is 0.169 e. The van der Waals surface area contributed by atoms with Crippen molar-refractivity contribution in [3.63, 3.8) is 0 Å². The van der Waals surface area contributed by atoms with Gasteiger partial charge in [-0.05, 0) is 99.6 Å². The van der Waals surface area contributed by atoms with Crippen molar-refractivity contribution in [2.24, 2.45) is 5.92 Å². The van der Waals surface area contributed by atoms with Crippen LogP contribution in [0.4, 0.5) is 4.39 Å². The van der Waals surface area contributed by atoms with Gasteiger partial charge in [-0.2, -0.15) is 0 Å². The fourth-order valence-corrected chi connectivity index (χ4v) is 6.51. The highest BCUT2D eigenvalue weighted by molar-refractivity contribution is 6.01. The Hall–Kier alpha value is -4.96. The third kappa shape index (κ3) is 4.59. The van der Waals surface area contributed by atoms with Crippen LogP contribution in [0.1, 0.15) is 33.8 Å². The van der Waals surface area contributed by atoms with Crippen LogP contribution in [0.5, 0.6) is 5.75 Å². The maximum atomic E-state index is 13.8. The van der Waals surface area contributed by atoms with E-state index in [0.29, 0.717) is 12.0 Å². The number of halogens is 1. The second-order valence-electron chi connectivity index (χ2n) is 11.0. The first-order valence-electron chi connectivity index (χ1n) is 14.3. The maximum Gasteiger partial charge on any atom is 0.169 e. The Morgan fingerprint density at radius 2 is 1.74 bits per heavy atom. The van der Waals surface area contributed by atoms with Gasteiger partial charge in [0, 0.05) is 34.9 Å². The molecular formula is C38H30FNO2. The Balaban J connectivity index is 1.39. The van der Waals surface area contributed by atoms with Crippen LogP contribution in [-0.4, -0.2) is 12.9 Å². The normalized spacial score (nSPS) is 18.2. The molecule has 3 nitrogen and oxygen atoms in total. The summed E-state index contributed by atoms with van der Waals surface area (Å²) in [7, 11) is 1.70. The number of ether oxygens (including phenoxy) is 1. The Morgan fingerprint density at radius 3 is 2.60 bits per heavy atom. The Kier molecular flexibility index (Phi) is 6.67. The van der Waals surface area contributed by atoms with E-state index in [9.17, 15) is 9.18 Å². The molecule has 1 heterocycles. The van der Waals surface area contributed by atoms with Crippen LogP contribution in [0.15, 0.2) is 115 Å². The van der Waals surface area contributed by atoms with E-state index in [1.54, 1.807) is 19.2 Å². The van der Waals surface area contributed by atoms with Gasteiger partial charge in [0.1, 0.15) is 11.6 Å². The summed E-state index contributed by atoms with van der Waals surface area (Å²) < 4.78 is 19.3. The quantitative estimate of drug-likeness (QED) is 0.277. The minimum atomic E-state index is -0.344. The molecule has 0 spiro atoms. The van der Waals surface area contributed by atoms with Gasteiger partial charge in [-0.3, -0.25) is 4.79 Å². The monoisotopic (exact) mass is 551 g/mol. The molecule has 206 valence electrons. The van der Waals surface area contributed by atoms with Gasteiger partial charge in [0.15, 0.2) is 5.78 Å². The van der Waals surface area contributed by atoms with Crippen molar-refractivity contribution in [2.45, 2.75) is 18.8 Å². The van der Waals surface area contributed by atoms with E-state index >= 15 is 0 Å². The van der Waals surface area contributed by atoms with Gasteiger partial charge in [-0.15, -0.1) is 0 Å². The first kappa shape index (κ1) is 26.0. The van der Waals surface area contributed by atoms with E-state index in [-0.39, 0.29) is 23.4 Å². The van der Waals surface area contributed by atoms with Crippen molar-refractivity contribution in [1.82, 2.24) is 5.32 Å². The Labute approximate surface area is 244 Å².